The Bertz CT molecular complexity index is 1030. The highest BCUT2D eigenvalue weighted by molar-refractivity contribution is 7.90. The molecule has 2 aromatic heterocycles. The number of aromatic nitrogens is 2. The van der Waals surface area contributed by atoms with Crippen molar-refractivity contribution in [1.82, 2.24) is 14.7 Å². The summed E-state index contributed by atoms with van der Waals surface area (Å²) in [6, 6.07) is 7.48. The van der Waals surface area contributed by atoms with Crippen molar-refractivity contribution in [3.8, 4) is 5.88 Å². The number of sulfonamides is 1. The Morgan fingerprint density at radius 3 is 2.77 bits per heavy atom. The molecule has 30 heavy (non-hydrogen) atoms. The first-order chi connectivity index (χ1) is 14.2. The molecule has 0 radical (unpaired) electrons. The highest BCUT2D eigenvalue weighted by Crippen LogP contribution is 2.38. The van der Waals surface area contributed by atoms with Gasteiger partial charge >= 0.3 is 0 Å². The van der Waals surface area contributed by atoms with Crippen LogP contribution in [0, 0.1) is 5.92 Å². The standard InChI is InChI=1S/C20H27N5O4S/c1-14-9-12-25(20(14,2)3)18-15(6-5-11-22-18)19(26)24-30(27,28)17-8-4-7-16(23-17)29-13-10-21/h4-8,11,14H,9-10,12-13,21H2,1-3H3,(H,24,26). The van der Waals surface area contributed by atoms with Crippen LogP contribution in [-0.2, 0) is 10.0 Å². The van der Waals surface area contributed by atoms with Crippen LogP contribution in [0.15, 0.2) is 41.6 Å². The number of nitrogens with two attached hydrogens (primary N) is 1. The summed E-state index contributed by atoms with van der Waals surface area (Å²) in [6.07, 6.45) is 2.56. The molecule has 1 amide bonds. The largest absolute Gasteiger partial charge is 0.476 e. The van der Waals surface area contributed by atoms with Crippen molar-refractivity contribution < 1.29 is 17.9 Å². The van der Waals surface area contributed by atoms with Crippen LogP contribution in [0.25, 0.3) is 0 Å². The van der Waals surface area contributed by atoms with Crippen molar-refractivity contribution >= 4 is 21.7 Å². The maximum atomic E-state index is 12.9. The highest BCUT2D eigenvalue weighted by Gasteiger charge is 2.40. The van der Waals surface area contributed by atoms with Crippen LogP contribution in [0.3, 0.4) is 0 Å². The third-order valence-electron chi connectivity index (χ3n) is 5.54. The molecule has 10 heteroatoms. The lowest BCUT2D eigenvalue weighted by Gasteiger charge is -2.36. The van der Waals surface area contributed by atoms with Crippen molar-refractivity contribution in [3.05, 3.63) is 42.1 Å². The van der Waals surface area contributed by atoms with Crippen molar-refractivity contribution in [3.63, 3.8) is 0 Å². The lowest BCUT2D eigenvalue weighted by molar-refractivity contribution is 0.0981. The summed E-state index contributed by atoms with van der Waals surface area (Å²) in [4.78, 5) is 23.3. The van der Waals surface area contributed by atoms with E-state index in [0.717, 1.165) is 13.0 Å². The summed E-state index contributed by atoms with van der Waals surface area (Å²) >= 11 is 0. The predicted octanol–water partition coefficient (Wildman–Crippen LogP) is 1.56. The summed E-state index contributed by atoms with van der Waals surface area (Å²) < 4.78 is 32.9. The van der Waals surface area contributed by atoms with E-state index in [1.54, 1.807) is 18.3 Å². The van der Waals surface area contributed by atoms with Gasteiger partial charge in [-0.1, -0.05) is 13.0 Å². The zero-order valence-electron chi connectivity index (χ0n) is 17.3. The van der Waals surface area contributed by atoms with E-state index in [1.807, 2.05) is 0 Å². The van der Waals surface area contributed by atoms with E-state index in [-0.39, 0.29) is 35.2 Å². The van der Waals surface area contributed by atoms with Crippen molar-refractivity contribution in [2.45, 2.75) is 37.8 Å². The number of carbonyl (C=O) groups is 1. The number of amides is 1. The van der Waals surface area contributed by atoms with Gasteiger partial charge in [0.05, 0.1) is 5.56 Å². The van der Waals surface area contributed by atoms with E-state index < -0.39 is 15.9 Å². The minimum atomic E-state index is -4.20. The van der Waals surface area contributed by atoms with Gasteiger partial charge in [-0.2, -0.15) is 13.4 Å². The van der Waals surface area contributed by atoms with Crippen LogP contribution in [0.1, 0.15) is 37.6 Å². The number of rotatable bonds is 7. The fraction of sp³-hybridized carbons (Fsp3) is 0.450. The fourth-order valence-electron chi connectivity index (χ4n) is 3.42. The monoisotopic (exact) mass is 433 g/mol. The van der Waals surface area contributed by atoms with Crippen LogP contribution in [0.5, 0.6) is 5.88 Å². The second-order valence-electron chi connectivity index (χ2n) is 7.76. The molecule has 3 rings (SSSR count). The second-order valence-corrected chi connectivity index (χ2v) is 9.38. The lowest BCUT2D eigenvalue weighted by Crippen LogP contribution is -2.43. The van der Waals surface area contributed by atoms with Gasteiger partial charge in [0.15, 0.2) is 5.03 Å². The maximum absolute atomic E-state index is 12.9. The van der Waals surface area contributed by atoms with Crippen LogP contribution in [-0.4, -0.2) is 49.5 Å². The zero-order valence-corrected chi connectivity index (χ0v) is 18.1. The van der Waals surface area contributed by atoms with Gasteiger partial charge in [-0.05, 0) is 44.4 Å². The first kappa shape index (κ1) is 22.0. The minimum Gasteiger partial charge on any atom is -0.476 e. The van der Waals surface area contributed by atoms with E-state index in [2.05, 4.69) is 40.4 Å². The number of nitrogens with one attached hydrogen (secondary N) is 1. The molecule has 0 aliphatic carbocycles. The Labute approximate surface area is 176 Å². The number of hydrogen-bond donors (Lipinski definition) is 2. The quantitative estimate of drug-likeness (QED) is 0.673. The average Bonchev–Trinajstić information content (AvgIpc) is 2.98. The Balaban J connectivity index is 1.87. The Kier molecular flexibility index (Phi) is 6.27. The number of carbonyl (C=O) groups excluding carboxylic acids is 1. The molecule has 2 aromatic rings. The van der Waals surface area contributed by atoms with E-state index in [1.165, 1.54) is 18.2 Å². The summed E-state index contributed by atoms with van der Waals surface area (Å²) in [5.74, 6) is 0.223. The number of hydrogen-bond acceptors (Lipinski definition) is 8. The Hall–Kier alpha value is -2.72. The smallest absolute Gasteiger partial charge is 0.281 e. The molecule has 1 aliphatic heterocycles. The highest BCUT2D eigenvalue weighted by atomic mass is 32.2. The normalized spacial score (nSPS) is 18.3. The van der Waals surface area contributed by atoms with Gasteiger partial charge in [0.1, 0.15) is 12.4 Å². The van der Waals surface area contributed by atoms with E-state index in [0.29, 0.717) is 11.7 Å². The molecule has 3 heterocycles. The van der Waals surface area contributed by atoms with Crippen molar-refractivity contribution in [2.24, 2.45) is 11.7 Å². The summed E-state index contributed by atoms with van der Waals surface area (Å²) in [7, 11) is -4.20. The van der Waals surface area contributed by atoms with Gasteiger partial charge in [-0.15, -0.1) is 0 Å². The molecule has 1 atom stereocenters. The number of ether oxygens (including phenoxy) is 1. The van der Waals surface area contributed by atoms with E-state index >= 15 is 0 Å². The minimum absolute atomic E-state index is 0.116. The molecule has 162 valence electrons. The van der Waals surface area contributed by atoms with Gasteiger partial charge in [0.25, 0.3) is 15.9 Å². The van der Waals surface area contributed by atoms with Crippen molar-refractivity contribution in [2.75, 3.05) is 24.6 Å². The topological polar surface area (TPSA) is 128 Å². The molecule has 1 unspecified atom stereocenters. The Morgan fingerprint density at radius 2 is 2.10 bits per heavy atom. The lowest BCUT2D eigenvalue weighted by atomic mass is 9.90. The molecular weight excluding hydrogens is 406 g/mol. The fourth-order valence-corrected chi connectivity index (χ4v) is 4.34. The van der Waals surface area contributed by atoms with Gasteiger partial charge in [0, 0.05) is 30.9 Å². The predicted molar refractivity (Wildman–Crippen MR) is 113 cm³/mol. The summed E-state index contributed by atoms with van der Waals surface area (Å²) in [5.41, 5.74) is 5.37. The average molecular weight is 434 g/mol. The van der Waals surface area contributed by atoms with Gasteiger partial charge in [0.2, 0.25) is 5.88 Å². The Morgan fingerprint density at radius 1 is 1.33 bits per heavy atom. The number of anilines is 1. The van der Waals surface area contributed by atoms with Crippen LogP contribution in [0.2, 0.25) is 0 Å². The molecular formula is C20H27N5O4S. The first-order valence-corrected chi connectivity index (χ1v) is 11.2. The SMILES string of the molecule is CC1CCN(c2ncccc2C(=O)NS(=O)(=O)c2cccc(OCCN)n2)C1(C)C. The third kappa shape index (κ3) is 4.39. The van der Waals surface area contributed by atoms with Crippen molar-refractivity contribution in [1.29, 1.82) is 0 Å². The molecule has 1 fully saturated rings. The van der Waals surface area contributed by atoms with Gasteiger partial charge in [-0.25, -0.2) is 9.71 Å². The molecule has 0 saturated carbocycles. The molecule has 1 saturated heterocycles. The third-order valence-corrected chi connectivity index (χ3v) is 6.77. The summed E-state index contributed by atoms with van der Waals surface area (Å²) in [5, 5.41) is -0.314. The number of nitrogens with zero attached hydrogens (tertiary/aromatic N) is 3. The van der Waals surface area contributed by atoms with Gasteiger partial charge in [-0.3, -0.25) is 4.79 Å². The van der Waals surface area contributed by atoms with Crippen LogP contribution in [0.4, 0.5) is 5.82 Å². The molecule has 1 aliphatic rings. The van der Waals surface area contributed by atoms with Crippen LogP contribution >= 0.6 is 0 Å². The molecule has 0 spiro atoms. The maximum Gasteiger partial charge on any atom is 0.281 e. The zero-order chi connectivity index (χ0) is 21.9. The first-order valence-electron chi connectivity index (χ1n) is 9.76. The van der Waals surface area contributed by atoms with E-state index in [9.17, 15) is 13.2 Å². The van der Waals surface area contributed by atoms with Gasteiger partial charge < -0.3 is 15.4 Å². The molecule has 9 nitrogen and oxygen atoms in total. The van der Waals surface area contributed by atoms with Crippen LogP contribution < -0.4 is 20.1 Å². The molecule has 0 aromatic carbocycles. The number of pyridine rings is 2. The summed E-state index contributed by atoms with van der Waals surface area (Å²) in [6.45, 7) is 7.54. The second kappa shape index (κ2) is 8.57. The molecule has 3 N–H and O–H groups in total. The molecule has 0 bridgehead atoms. The van der Waals surface area contributed by atoms with E-state index in [4.69, 9.17) is 10.5 Å².